The predicted molar refractivity (Wildman–Crippen MR) is 103 cm³/mol. The van der Waals surface area contributed by atoms with Crippen molar-refractivity contribution in [2.45, 2.75) is 109 Å². The minimum absolute atomic E-state index is 0. The molecule has 2 unspecified atom stereocenters. The van der Waals surface area contributed by atoms with Crippen LogP contribution in [0.2, 0.25) is 0 Å². The molecule has 0 aliphatic carbocycles. The first-order valence-corrected chi connectivity index (χ1v) is 9.78. The zero-order chi connectivity index (χ0) is 16.8. The van der Waals surface area contributed by atoms with Crippen molar-refractivity contribution in [1.82, 2.24) is 0 Å². The first-order valence-electron chi connectivity index (χ1n) is 9.78. The number of carboxylic acids is 1. The van der Waals surface area contributed by atoms with E-state index in [1.807, 2.05) is 0 Å². The van der Waals surface area contributed by atoms with Gasteiger partial charge >= 0.3 is 35.5 Å². The molecule has 0 radical (unpaired) electrons. The van der Waals surface area contributed by atoms with Crippen LogP contribution >= 0.6 is 0 Å². The maximum absolute atomic E-state index is 10.4. The predicted octanol–water partition coefficient (Wildman–Crippen LogP) is 5.23. The Morgan fingerprint density at radius 2 is 1.54 bits per heavy atom. The van der Waals surface area contributed by atoms with Crippen molar-refractivity contribution in [2.24, 2.45) is 0 Å². The summed E-state index contributed by atoms with van der Waals surface area (Å²) in [5, 5.41) is 8.58. The molecule has 24 heavy (non-hydrogen) atoms. The van der Waals surface area contributed by atoms with Gasteiger partial charge in [-0.1, -0.05) is 76.9 Å². The van der Waals surface area contributed by atoms with Crippen molar-refractivity contribution < 1.29 is 14.6 Å². The second-order valence-corrected chi connectivity index (χ2v) is 6.82. The van der Waals surface area contributed by atoms with Crippen LogP contribution in [-0.2, 0) is 9.53 Å². The number of epoxide rings is 1. The van der Waals surface area contributed by atoms with Gasteiger partial charge in [-0.2, -0.15) is 0 Å². The van der Waals surface area contributed by atoms with E-state index in [-0.39, 0.29) is 48.2 Å². The molecule has 2 atom stereocenters. The fourth-order valence-electron chi connectivity index (χ4n) is 2.99. The third kappa shape index (κ3) is 14.5. The van der Waals surface area contributed by atoms with Crippen LogP contribution < -0.4 is 0 Å². The minimum atomic E-state index is -0.710. The summed E-state index contributed by atoms with van der Waals surface area (Å²) in [6, 6.07) is 0. The fraction of sp³-hybridized carbons (Fsp3) is 0.850. The van der Waals surface area contributed by atoms with Gasteiger partial charge in [-0.05, 0) is 25.7 Å². The van der Waals surface area contributed by atoms with E-state index >= 15 is 0 Å². The van der Waals surface area contributed by atoms with E-state index in [4.69, 9.17) is 9.84 Å². The molecule has 0 aromatic carbocycles. The molecule has 1 aliphatic heterocycles. The van der Waals surface area contributed by atoms with Gasteiger partial charge in [0.15, 0.2) is 0 Å². The summed E-state index contributed by atoms with van der Waals surface area (Å²) in [6.07, 6.45) is 21.7. The van der Waals surface area contributed by atoms with Gasteiger partial charge < -0.3 is 9.84 Å². The van der Waals surface area contributed by atoms with Crippen LogP contribution in [0.15, 0.2) is 12.2 Å². The number of aliphatic carboxylic acids is 1. The second kappa shape index (κ2) is 16.6. The van der Waals surface area contributed by atoms with E-state index in [9.17, 15) is 4.79 Å². The molecule has 1 fully saturated rings. The molecule has 4 heteroatoms. The Morgan fingerprint density at radius 3 is 2.12 bits per heavy atom. The first-order chi connectivity index (χ1) is 11.2. The number of unbranched alkanes of at least 4 members (excludes halogenated alkanes) is 10. The van der Waals surface area contributed by atoms with Crippen molar-refractivity contribution >= 4 is 35.5 Å². The van der Waals surface area contributed by atoms with Crippen molar-refractivity contribution in [3.63, 3.8) is 0 Å². The van der Waals surface area contributed by atoms with Gasteiger partial charge in [0.1, 0.15) is 6.10 Å². The Balaban J connectivity index is 0.00000529. The molecule has 0 spiro atoms. The topological polar surface area (TPSA) is 49.8 Å². The van der Waals surface area contributed by atoms with E-state index in [0.717, 1.165) is 19.3 Å². The summed E-state index contributed by atoms with van der Waals surface area (Å²) in [5.74, 6) is -0.710. The molecule has 1 heterocycles. The van der Waals surface area contributed by atoms with E-state index in [1.165, 1.54) is 64.2 Å². The average Bonchev–Trinajstić information content (AvgIpc) is 3.26. The second-order valence-electron chi connectivity index (χ2n) is 6.82. The van der Waals surface area contributed by atoms with Gasteiger partial charge in [0, 0.05) is 6.42 Å². The Labute approximate surface area is 170 Å². The molecule has 1 saturated heterocycles. The Hall–Kier alpha value is 0.170. The van der Waals surface area contributed by atoms with E-state index in [0.29, 0.717) is 0 Å². The summed E-state index contributed by atoms with van der Waals surface area (Å²) in [6.45, 7) is 2.27. The number of hydrogen-bond acceptors (Lipinski definition) is 2. The molecular formula is C20H37NaO3. The van der Waals surface area contributed by atoms with Gasteiger partial charge in [0.05, 0.1) is 6.10 Å². The summed E-state index contributed by atoms with van der Waals surface area (Å²) >= 11 is 0. The van der Waals surface area contributed by atoms with Crippen LogP contribution in [0.3, 0.4) is 0 Å². The molecule has 0 amide bonds. The van der Waals surface area contributed by atoms with Crippen molar-refractivity contribution in [2.75, 3.05) is 0 Å². The van der Waals surface area contributed by atoms with Crippen LogP contribution in [0, 0.1) is 0 Å². The molecule has 3 nitrogen and oxygen atoms in total. The van der Waals surface area contributed by atoms with Gasteiger partial charge in [-0.3, -0.25) is 4.79 Å². The molecule has 0 aromatic rings. The van der Waals surface area contributed by atoms with Gasteiger partial charge in [0.2, 0.25) is 0 Å². The molecule has 0 aromatic heterocycles. The van der Waals surface area contributed by atoms with Crippen LogP contribution in [0.5, 0.6) is 0 Å². The van der Waals surface area contributed by atoms with Crippen LogP contribution in [0.25, 0.3) is 0 Å². The molecule has 0 bridgehead atoms. The van der Waals surface area contributed by atoms with Crippen molar-refractivity contribution in [3.8, 4) is 0 Å². The van der Waals surface area contributed by atoms with E-state index in [1.54, 1.807) is 0 Å². The van der Waals surface area contributed by atoms with Crippen molar-refractivity contribution in [1.29, 1.82) is 0 Å². The number of allylic oxidation sites excluding steroid dienone is 1. The Kier molecular flexibility index (Phi) is 16.7. The molecule has 1 aliphatic rings. The number of rotatable bonds is 16. The van der Waals surface area contributed by atoms with E-state index < -0.39 is 5.97 Å². The normalized spacial score (nSPS) is 19.4. The standard InChI is InChI=1S/C20H36O3.Na.H/c1-2-3-4-5-6-7-8-9-10-11-12-13-15-18-19(23-18)16-14-17-20(21)22;;/h13,15,18-19H,2-12,14,16-17H2,1H3,(H,21,22);;. The molecule has 1 N–H and O–H groups in total. The number of carboxylic acid groups (broad SMARTS) is 1. The summed E-state index contributed by atoms with van der Waals surface area (Å²) in [7, 11) is 0. The Morgan fingerprint density at radius 1 is 0.958 bits per heavy atom. The number of carbonyl (C=O) groups is 1. The fourth-order valence-corrected chi connectivity index (χ4v) is 2.99. The SMILES string of the molecule is CCCCCCCCCCCCC=CC1OC1CCCC(=O)O.[NaH]. The van der Waals surface area contributed by atoms with Gasteiger partial charge in [-0.15, -0.1) is 0 Å². The zero-order valence-corrected chi connectivity index (χ0v) is 15.0. The third-order valence-corrected chi connectivity index (χ3v) is 4.55. The summed E-state index contributed by atoms with van der Waals surface area (Å²) in [5.41, 5.74) is 0. The quantitative estimate of drug-likeness (QED) is 0.180. The molecule has 0 saturated carbocycles. The molecule has 1 rings (SSSR count). The monoisotopic (exact) mass is 348 g/mol. The molecule has 136 valence electrons. The first kappa shape index (κ1) is 24.2. The van der Waals surface area contributed by atoms with E-state index in [2.05, 4.69) is 19.1 Å². The average molecular weight is 349 g/mol. The molecular weight excluding hydrogens is 311 g/mol. The Bertz CT molecular complexity index is 331. The number of hydrogen-bond donors (Lipinski definition) is 1. The summed E-state index contributed by atoms with van der Waals surface area (Å²) in [4.78, 5) is 10.4. The van der Waals surface area contributed by atoms with Crippen LogP contribution in [0.1, 0.15) is 96.8 Å². The van der Waals surface area contributed by atoms with Crippen LogP contribution in [0.4, 0.5) is 0 Å². The van der Waals surface area contributed by atoms with Gasteiger partial charge in [-0.25, -0.2) is 0 Å². The summed E-state index contributed by atoms with van der Waals surface area (Å²) < 4.78 is 5.52. The zero-order valence-electron chi connectivity index (χ0n) is 15.0. The van der Waals surface area contributed by atoms with Gasteiger partial charge in [0.25, 0.3) is 0 Å². The van der Waals surface area contributed by atoms with Crippen LogP contribution in [-0.4, -0.2) is 52.8 Å². The van der Waals surface area contributed by atoms with Crippen molar-refractivity contribution in [3.05, 3.63) is 12.2 Å². The number of ether oxygens (including phenoxy) is 1. The third-order valence-electron chi connectivity index (χ3n) is 4.55. The maximum atomic E-state index is 10.4.